The lowest BCUT2D eigenvalue weighted by Gasteiger charge is -1.77. The van der Waals surface area contributed by atoms with Crippen LogP contribution in [0, 0.1) is 0 Å². The second-order valence-electron chi connectivity index (χ2n) is 1.23. The molecule has 0 aromatic carbocycles. The van der Waals surface area contributed by atoms with Gasteiger partial charge in [-0.1, -0.05) is 0 Å². The van der Waals surface area contributed by atoms with Crippen molar-refractivity contribution in [3.8, 4) is 0 Å². The number of rotatable bonds is 2. The third-order valence-corrected chi connectivity index (χ3v) is 0.535. The van der Waals surface area contributed by atoms with Gasteiger partial charge >= 0.3 is 0 Å². The minimum absolute atomic E-state index is 0.423. The minimum Gasteiger partial charge on any atom is -0.403 e. The first kappa shape index (κ1) is 6.88. The van der Waals surface area contributed by atoms with Gasteiger partial charge in [0, 0.05) is 12.4 Å². The molecule has 0 aliphatic heterocycles. The van der Waals surface area contributed by atoms with E-state index in [0.29, 0.717) is 12.0 Å². The van der Waals surface area contributed by atoms with Crippen molar-refractivity contribution in [2.24, 2.45) is 10.7 Å². The van der Waals surface area contributed by atoms with Crippen LogP contribution >= 0.6 is 0 Å². The van der Waals surface area contributed by atoms with Crippen LogP contribution in [0.2, 0.25) is 0 Å². The summed E-state index contributed by atoms with van der Waals surface area (Å²) < 4.78 is 0. The SMILES string of the molecule is C/C(C=O)=N\C=C/N. The maximum Gasteiger partial charge on any atom is 0.163 e. The molecule has 0 heterocycles. The number of hydrogen-bond donors (Lipinski definition) is 1. The zero-order chi connectivity index (χ0) is 6.41. The minimum atomic E-state index is 0.423. The molecule has 0 saturated carbocycles. The van der Waals surface area contributed by atoms with Crippen molar-refractivity contribution in [3.63, 3.8) is 0 Å². The van der Waals surface area contributed by atoms with Gasteiger partial charge in [0.15, 0.2) is 6.29 Å². The molecule has 0 amide bonds. The Morgan fingerprint density at radius 1 is 1.75 bits per heavy atom. The van der Waals surface area contributed by atoms with Gasteiger partial charge in [-0.15, -0.1) is 0 Å². The van der Waals surface area contributed by atoms with E-state index < -0.39 is 0 Å². The Kier molecular flexibility index (Phi) is 3.48. The van der Waals surface area contributed by atoms with Gasteiger partial charge in [0.25, 0.3) is 0 Å². The summed E-state index contributed by atoms with van der Waals surface area (Å²) in [7, 11) is 0. The fourth-order valence-corrected chi connectivity index (χ4v) is 0.191. The Balaban J connectivity index is 3.74. The van der Waals surface area contributed by atoms with E-state index in [9.17, 15) is 4.79 Å². The maximum absolute atomic E-state index is 9.81. The zero-order valence-corrected chi connectivity index (χ0v) is 4.66. The molecular formula is C5H8N2O. The second kappa shape index (κ2) is 4.05. The first-order valence-electron chi connectivity index (χ1n) is 2.17. The van der Waals surface area contributed by atoms with Gasteiger partial charge in [-0.05, 0) is 6.92 Å². The highest BCUT2D eigenvalue weighted by molar-refractivity contribution is 6.27. The van der Waals surface area contributed by atoms with Crippen LogP contribution in [0.3, 0.4) is 0 Å². The third kappa shape index (κ3) is 3.08. The number of carbonyl (C=O) groups is 1. The molecule has 0 aliphatic rings. The topological polar surface area (TPSA) is 55.5 Å². The average Bonchev–Trinajstić information content (AvgIpc) is 1.83. The van der Waals surface area contributed by atoms with Gasteiger partial charge in [0.2, 0.25) is 0 Å². The van der Waals surface area contributed by atoms with Gasteiger partial charge in [-0.3, -0.25) is 9.79 Å². The molecule has 0 spiro atoms. The Bertz CT molecular complexity index is 126. The molecule has 0 fully saturated rings. The summed E-state index contributed by atoms with van der Waals surface area (Å²) in [6.45, 7) is 1.60. The molecule has 44 valence electrons. The van der Waals surface area contributed by atoms with Crippen LogP contribution in [0.15, 0.2) is 17.4 Å². The molecule has 0 aromatic rings. The lowest BCUT2D eigenvalue weighted by molar-refractivity contribution is -0.102. The standard InChI is InChI=1S/C5H8N2O/c1-5(4-8)7-3-2-6/h2-4H,6H2,1H3/b3-2-,7-5+. The van der Waals surface area contributed by atoms with Crippen molar-refractivity contribution in [3.05, 3.63) is 12.4 Å². The Morgan fingerprint density at radius 3 is 2.75 bits per heavy atom. The molecule has 3 nitrogen and oxygen atoms in total. The number of aldehydes is 1. The van der Waals surface area contributed by atoms with Crippen LogP contribution in [-0.4, -0.2) is 12.0 Å². The summed E-state index contributed by atoms with van der Waals surface area (Å²) in [5.41, 5.74) is 5.35. The van der Waals surface area contributed by atoms with Gasteiger partial charge < -0.3 is 5.73 Å². The lowest BCUT2D eigenvalue weighted by atomic mass is 10.5. The monoisotopic (exact) mass is 112 g/mol. The Labute approximate surface area is 47.9 Å². The van der Waals surface area contributed by atoms with Crippen LogP contribution < -0.4 is 5.73 Å². The fourth-order valence-electron chi connectivity index (χ4n) is 0.191. The van der Waals surface area contributed by atoms with Gasteiger partial charge in [0.05, 0.1) is 5.71 Å². The Morgan fingerprint density at radius 2 is 2.38 bits per heavy atom. The van der Waals surface area contributed by atoms with E-state index in [1.54, 1.807) is 6.92 Å². The maximum atomic E-state index is 9.81. The molecule has 0 bridgehead atoms. The number of nitrogens with zero attached hydrogens (tertiary/aromatic N) is 1. The average molecular weight is 112 g/mol. The van der Waals surface area contributed by atoms with Crippen molar-refractivity contribution >= 4 is 12.0 Å². The van der Waals surface area contributed by atoms with Gasteiger partial charge in [-0.25, -0.2) is 0 Å². The molecule has 0 aliphatic carbocycles. The van der Waals surface area contributed by atoms with Crippen molar-refractivity contribution in [2.75, 3.05) is 0 Å². The highest BCUT2D eigenvalue weighted by Gasteiger charge is 1.77. The van der Waals surface area contributed by atoms with E-state index in [2.05, 4.69) is 4.99 Å². The van der Waals surface area contributed by atoms with Crippen molar-refractivity contribution in [2.45, 2.75) is 6.92 Å². The van der Waals surface area contributed by atoms with E-state index in [1.165, 1.54) is 12.4 Å². The quantitative estimate of drug-likeness (QED) is 0.406. The fraction of sp³-hybridized carbons (Fsp3) is 0.200. The second-order valence-corrected chi connectivity index (χ2v) is 1.23. The summed E-state index contributed by atoms with van der Waals surface area (Å²) >= 11 is 0. The van der Waals surface area contributed by atoms with Gasteiger partial charge in [0.1, 0.15) is 0 Å². The van der Waals surface area contributed by atoms with E-state index in [0.717, 1.165) is 0 Å². The first-order chi connectivity index (χ1) is 3.81. The van der Waals surface area contributed by atoms with E-state index in [4.69, 9.17) is 5.73 Å². The summed E-state index contributed by atoms with van der Waals surface area (Å²) in [6.07, 6.45) is 3.30. The molecule has 0 unspecified atom stereocenters. The number of nitrogens with two attached hydrogens (primary N) is 1. The summed E-state index contributed by atoms with van der Waals surface area (Å²) in [6, 6.07) is 0. The normalized spacial score (nSPS) is 12.4. The molecule has 0 atom stereocenters. The van der Waals surface area contributed by atoms with E-state index >= 15 is 0 Å². The van der Waals surface area contributed by atoms with Crippen molar-refractivity contribution in [1.82, 2.24) is 0 Å². The van der Waals surface area contributed by atoms with Crippen molar-refractivity contribution in [1.29, 1.82) is 0 Å². The van der Waals surface area contributed by atoms with Crippen LogP contribution in [-0.2, 0) is 4.79 Å². The van der Waals surface area contributed by atoms with Crippen LogP contribution in [0.5, 0.6) is 0 Å². The lowest BCUT2D eigenvalue weighted by Crippen LogP contribution is -1.89. The predicted octanol–water partition coefficient (Wildman–Crippen LogP) is 0.0761. The summed E-state index contributed by atoms with van der Waals surface area (Å²) in [5.74, 6) is 0. The first-order valence-corrected chi connectivity index (χ1v) is 2.17. The zero-order valence-electron chi connectivity index (χ0n) is 4.66. The molecule has 3 heteroatoms. The van der Waals surface area contributed by atoms with Crippen molar-refractivity contribution < 1.29 is 4.79 Å². The van der Waals surface area contributed by atoms with Crippen LogP contribution in [0.4, 0.5) is 0 Å². The molecule has 2 N–H and O–H groups in total. The summed E-state index contributed by atoms with van der Waals surface area (Å²) in [5, 5.41) is 0. The van der Waals surface area contributed by atoms with E-state index in [1.807, 2.05) is 0 Å². The van der Waals surface area contributed by atoms with Crippen LogP contribution in [0.1, 0.15) is 6.92 Å². The number of hydrogen-bond acceptors (Lipinski definition) is 3. The smallest absolute Gasteiger partial charge is 0.163 e. The molecule has 0 radical (unpaired) electrons. The Hall–Kier alpha value is -1.12. The molecule has 8 heavy (non-hydrogen) atoms. The molecular weight excluding hydrogens is 104 g/mol. The van der Waals surface area contributed by atoms with Gasteiger partial charge in [-0.2, -0.15) is 0 Å². The van der Waals surface area contributed by atoms with Crippen LogP contribution in [0.25, 0.3) is 0 Å². The molecule has 0 aromatic heterocycles. The number of aliphatic imine (C=N–C) groups is 1. The molecule has 0 rings (SSSR count). The highest BCUT2D eigenvalue weighted by Crippen LogP contribution is 1.72. The van der Waals surface area contributed by atoms with E-state index in [-0.39, 0.29) is 0 Å². The molecule has 0 saturated heterocycles. The third-order valence-electron chi connectivity index (χ3n) is 0.535. The number of carbonyl (C=O) groups excluding carboxylic acids is 1. The summed E-state index contributed by atoms with van der Waals surface area (Å²) in [4.78, 5) is 13.4. The largest absolute Gasteiger partial charge is 0.403 e. The highest BCUT2D eigenvalue weighted by atomic mass is 16.1. The predicted molar refractivity (Wildman–Crippen MR) is 32.5 cm³/mol.